The molecule has 0 aromatic rings. The monoisotopic (exact) mass is 994 g/mol. The number of nitrogens with two attached hydrogens (primary N) is 4. The van der Waals surface area contributed by atoms with Gasteiger partial charge in [0.25, 0.3) is 0 Å². The summed E-state index contributed by atoms with van der Waals surface area (Å²) in [6.45, 7) is 31.5. The van der Waals surface area contributed by atoms with Crippen LogP contribution in [0.2, 0.25) is 24.2 Å². The zero-order valence-electron chi connectivity index (χ0n) is 40.3. The molecule has 0 aromatic heterocycles. The van der Waals surface area contributed by atoms with Gasteiger partial charge in [0.05, 0.1) is 22.4 Å². The molecule has 0 saturated heterocycles. The summed E-state index contributed by atoms with van der Waals surface area (Å²) in [5.74, 6) is 0. The maximum absolute atomic E-state index is 6.56. The minimum atomic E-state index is -3.04. The van der Waals surface area contributed by atoms with Crippen molar-refractivity contribution in [2.45, 2.75) is 169 Å². The lowest BCUT2D eigenvalue weighted by Gasteiger charge is -2.42. The molecule has 23 heteroatoms. The largest absolute Gasteiger partial charge is 0.501 e. The Labute approximate surface area is 386 Å². The molecule has 8 N–H and O–H groups in total. The van der Waals surface area contributed by atoms with Gasteiger partial charge in [-0.3, -0.25) is 0 Å². The predicted octanol–water partition coefficient (Wildman–Crippen LogP) is 6.04. The number of hydrogen-bond donors (Lipinski definition) is 4. The normalized spacial score (nSPS) is 16.1. The Balaban J connectivity index is -0.000000248. The first kappa shape index (κ1) is 69.2. The fourth-order valence-electron chi connectivity index (χ4n) is 5.14. The van der Waals surface area contributed by atoms with Gasteiger partial charge in [0, 0.05) is 111 Å². The van der Waals surface area contributed by atoms with Gasteiger partial charge in [0.1, 0.15) is 0 Å². The van der Waals surface area contributed by atoms with Crippen LogP contribution in [0.1, 0.15) is 123 Å². The van der Waals surface area contributed by atoms with Gasteiger partial charge in [0.2, 0.25) is 0 Å². The average molecular weight is 996 g/mol. The highest BCUT2D eigenvalue weighted by Gasteiger charge is 2.55. The van der Waals surface area contributed by atoms with Gasteiger partial charge in [-0.05, 0) is 149 Å². The minimum absolute atomic E-state index is 0.244. The summed E-state index contributed by atoms with van der Waals surface area (Å²) >= 11 is 14.7. The molecule has 59 heavy (non-hydrogen) atoms. The SMILES string of the molecule is CCO[Si](CCCN)(OC)OC(C)(C)C.CCO[Si](CCCN)(OC)OC(C)(C)C.CO[Si](CCCN)(OC(C)(C)C)O[Si](CCCN)(OC)OC(C)(C)C.S=S.S=S. The molecule has 0 aliphatic carbocycles. The van der Waals surface area contributed by atoms with Crippen molar-refractivity contribution < 1.29 is 48.4 Å². The van der Waals surface area contributed by atoms with Gasteiger partial charge < -0.3 is 71.3 Å². The Morgan fingerprint density at radius 1 is 0.373 bits per heavy atom. The second-order valence-corrected chi connectivity index (χ2v) is 28.3. The van der Waals surface area contributed by atoms with Crippen LogP contribution in [0.15, 0.2) is 0 Å². The molecule has 0 saturated carbocycles. The first-order valence-corrected chi connectivity index (χ1v) is 30.7. The van der Waals surface area contributed by atoms with Crippen LogP contribution in [0, 0.1) is 0 Å². The van der Waals surface area contributed by atoms with Gasteiger partial charge >= 0.3 is 35.2 Å². The highest BCUT2D eigenvalue weighted by atomic mass is 32.8. The molecule has 360 valence electrons. The van der Waals surface area contributed by atoms with E-state index in [1.165, 1.54) is 0 Å². The standard InChI is InChI=1S/C16H40N2O5Si2.2C10H25NO3Si.2S2/c1-15(2,3)21-24(19-7,13-9-11-17)23-25(20-8,14-10-12-18)22-16(4,5)6;2*1-6-13-15(12-5,9-7-8-11)14-10(2,3)4;2*1-2/h9-14,17-18H2,1-8H3;2*6-9,11H2,1-5H3;;. The van der Waals surface area contributed by atoms with Crippen LogP contribution >= 0.6 is 0 Å². The molecule has 0 aliphatic rings. The fraction of sp³-hybridized carbons (Fsp3) is 1.00. The van der Waals surface area contributed by atoms with E-state index in [-0.39, 0.29) is 11.2 Å². The molecular weight excluding hydrogens is 905 g/mol. The van der Waals surface area contributed by atoms with Crippen LogP contribution in [-0.4, -0.2) is 125 Å². The Bertz CT molecular complexity index is 921. The van der Waals surface area contributed by atoms with E-state index in [0.29, 0.717) is 51.5 Å². The number of rotatable bonds is 26. The highest BCUT2D eigenvalue weighted by molar-refractivity contribution is 8.07. The molecule has 0 spiro atoms. The lowest BCUT2D eigenvalue weighted by Crippen LogP contribution is -2.61. The third-order valence-electron chi connectivity index (χ3n) is 6.88. The summed E-state index contributed by atoms with van der Waals surface area (Å²) in [4.78, 5) is 0. The summed E-state index contributed by atoms with van der Waals surface area (Å²) < 4.78 is 65.2. The Morgan fingerprint density at radius 3 is 0.712 bits per heavy atom. The lowest BCUT2D eigenvalue weighted by atomic mass is 10.2. The van der Waals surface area contributed by atoms with E-state index in [1.54, 1.807) is 28.4 Å². The van der Waals surface area contributed by atoms with Crippen molar-refractivity contribution in [3.05, 3.63) is 0 Å². The molecule has 0 fully saturated rings. The topological polar surface area (TPSA) is 206 Å². The number of hydrogen-bond acceptors (Lipinski definition) is 19. The molecule has 0 heterocycles. The van der Waals surface area contributed by atoms with Crippen molar-refractivity contribution in [3.8, 4) is 0 Å². The van der Waals surface area contributed by atoms with Gasteiger partial charge in [0.15, 0.2) is 0 Å². The van der Waals surface area contributed by atoms with Crippen molar-refractivity contribution in [1.29, 1.82) is 0 Å². The average Bonchev–Trinajstić information content (AvgIpc) is 3.14. The maximum atomic E-state index is 6.56. The van der Waals surface area contributed by atoms with Crippen molar-refractivity contribution in [3.63, 3.8) is 0 Å². The lowest BCUT2D eigenvalue weighted by molar-refractivity contribution is -0.0156. The summed E-state index contributed by atoms with van der Waals surface area (Å²) in [7, 11) is -4.52. The molecule has 0 aromatic carbocycles. The maximum Gasteiger partial charge on any atom is 0.501 e. The van der Waals surface area contributed by atoms with Crippen LogP contribution in [-0.2, 0) is 93.1 Å². The van der Waals surface area contributed by atoms with E-state index in [4.69, 9.17) is 71.3 Å². The molecule has 4 unspecified atom stereocenters. The third kappa shape index (κ3) is 38.2. The van der Waals surface area contributed by atoms with Crippen LogP contribution in [0.4, 0.5) is 0 Å². The molecule has 0 bridgehead atoms. The van der Waals surface area contributed by atoms with Gasteiger partial charge in [-0.2, -0.15) is 0 Å². The van der Waals surface area contributed by atoms with Gasteiger partial charge in [-0.1, -0.05) is 0 Å². The molecule has 0 amide bonds. The van der Waals surface area contributed by atoms with Crippen molar-refractivity contribution in [2.24, 2.45) is 22.9 Å². The minimum Gasteiger partial charge on any atom is -0.377 e. The summed E-state index contributed by atoms with van der Waals surface area (Å²) in [6.07, 6.45) is 3.24. The fourth-order valence-corrected chi connectivity index (χ4v) is 18.2. The second kappa shape index (κ2) is 36.4. The summed E-state index contributed by atoms with van der Waals surface area (Å²) in [6, 6.07) is 2.80. The van der Waals surface area contributed by atoms with E-state index < -0.39 is 46.4 Å². The molecule has 4 atom stereocenters. The first-order valence-electron chi connectivity index (χ1n) is 20.3. The van der Waals surface area contributed by atoms with Crippen molar-refractivity contribution >= 4 is 80.0 Å². The zero-order chi connectivity index (χ0) is 47.7. The van der Waals surface area contributed by atoms with E-state index in [2.05, 4.69) is 44.8 Å². The Hall–Kier alpha value is 1.15. The smallest absolute Gasteiger partial charge is 0.377 e. The van der Waals surface area contributed by atoms with Crippen LogP contribution in [0.25, 0.3) is 0 Å². The van der Waals surface area contributed by atoms with Crippen molar-refractivity contribution in [1.82, 2.24) is 0 Å². The summed E-state index contributed by atoms with van der Waals surface area (Å²) in [5, 5.41) is 0. The third-order valence-corrected chi connectivity index (χ3v) is 20.9. The molecule has 0 radical (unpaired) electrons. The van der Waals surface area contributed by atoms with E-state index in [0.717, 1.165) is 37.8 Å². The zero-order valence-corrected chi connectivity index (χ0v) is 47.6. The molecule has 0 aliphatic heterocycles. The van der Waals surface area contributed by atoms with E-state index in [1.807, 2.05) is 96.9 Å². The molecule has 0 rings (SSSR count). The Kier molecular flexibility index (Phi) is 42.7. The highest BCUT2D eigenvalue weighted by Crippen LogP contribution is 2.33. The van der Waals surface area contributed by atoms with E-state index >= 15 is 0 Å². The van der Waals surface area contributed by atoms with Crippen LogP contribution in [0.5, 0.6) is 0 Å². The quantitative estimate of drug-likeness (QED) is 0.0730. The first-order chi connectivity index (χ1) is 27.1. The Morgan fingerprint density at radius 2 is 0.559 bits per heavy atom. The summed E-state index contributed by atoms with van der Waals surface area (Å²) in [5.41, 5.74) is 21.1. The van der Waals surface area contributed by atoms with Crippen LogP contribution < -0.4 is 22.9 Å². The van der Waals surface area contributed by atoms with E-state index in [9.17, 15) is 0 Å². The van der Waals surface area contributed by atoms with Gasteiger partial charge in [-0.15, -0.1) is 0 Å². The molecule has 15 nitrogen and oxygen atoms in total. The van der Waals surface area contributed by atoms with Gasteiger partial charge in [-0.25, -0.2) is 0 Å². The van der Waals surface area contributed by atoms with Crippen LogP contribution in [0.3, 0.4) is 0 Å². The second-order valence-electron chi connectivity index (χ2n) is 16.9. The molecular formula is C36H90N4O11S4Si4. The predicted molar refractivity (Wildman–Crippen MR) is 262 cm³/mol. The van der Waals surface area contributed by atoms with Crippen molar-refractivity contribution in [2.75, 3.05) is 67.8 Å².